The summed E-state index contributed by atoms with van der Waals surface area (Å²) in [6.45, 7) is 0. The summed E-state index contributed by atoms with van der Waals surface area (Å²) in [6, 6.07) is 14.4. The molecule has 5 heteroatoms. The molecule has 0 radical (unpaired) electrons. The number of aliphatic imine (C=N–C) groups is 1. The summed E-state index contributed by atoms with van der Waals surface area (Å²) in [5.74, 6) is -0.369. The molecule has 0 saturated heterocycles. The van der Waals surface area contributed by atoms with Crippen LogP contribution >= 0.6 is 23.2 Å². The molecule has 0 bridgehead atoms. The van der Waals surface area contributed by atoms with Crippen molar-refractivity contribution in [3.8, 4) is 0 Å². The molecule has 4 rings (SSSR count). The van der Waals surface area contributed by atoms with Crippen LogP contribution < -0.4 is 5.32 Å². The molecule has 2 aromatic rings. The second-order valence-corrected chi connectivity index (χ2v) is 6.79. The molecular formula is C20H14Cl2N2O. The van der Waals surface area contributed by atoms with Gasteiger partial charge in [-0.25, -0.2) is 4.99 Å². The van der Waals surface area contributed by atoms with Gasteiger partial charge in [0, 0.05) is 11.4 Å². The molecule has 1 aliphatic heterocycles. The van der Waals surface area contributed by atoms with Crippen molar-refractivity contribution in [2.45, 2.75) is 12.8 Å². The molecule has 0 atom stereocenters. The number of carbonyl (C=O) groups excluding carboxylic acids is 1. The van der Waals surface area contributed by atoms with E-state index in [0.29, 0.717) is 5.71 Å². The molecule has 0 fully saturated rings. The lowest BCUT2D eigenvalue weighted by atomic mass is 10.0. The predicted molar refractivity (Wildman–Crippen MR) is 104 cm³/mol. The highest BCUT2D eigenvalue weighted by Crippen LogP contribution is 2.32. The number of hydrogen-bond donors (Lipinski definition) is 1. The van der Waals surface area contributed by atoms with Crippen molar-refractivity contribution in [1.82, 2.24) is 0 Å². The Morgan fingerprint density at radius 2 is 1.56 bits per heavy atom. The Morgan fingerprint density at radius 1 is 0.880 bits per heavy atom. The van der Waals surface area contributed by atoms with E-state index in [1.165, 1.54) is 23.3 Å². The third-order valence-corrected chi connectivity index (χ3v) is 4.84. The first-order valence-corrected chi connectivity index (χ1v) is 8.71. The van der Waals surface area contributed by atoms with E-state index in [-0.39, 0.29) is 15.8 Å². The van der Waals surface area contributed by atoms with Gasteiger partial charge in [0.15, 0.2) is 0 Å². The molecule has 124 valence electrons. The predicted octanol–water partition coefficient (Wildman–Crippen LogP) is 5.43. The highest BCUT2D eigenvalue weighted by Gasteiger charge is 2.18. The van der Waals surface area contributed by atoms with Crippen molar-refractivity contribution in [1.29, 1.82) is 0 Å². The Hall–Kier alpha value is -2.36. The molecule has 2 aliphatic rings. The quantitative estimate of drug-likeness (QED) is 0.681. The first-order chi connectivity index (χ1) is 12.1. The molecule has 1 heterocycles. The molecule has 0 unspecified atom stereocenters. The zero-order valence-electron chi connectivity index (χ0n) is 13.2. The molecule has 1 aliphatic carbocycles. The van der Waals surface area contributed by atoms with E-state index in [4.69, 9.17) is 23.2 Å². The lowest BCUT2D eigenvalue weighted by Gasteiger charge is -2.10. The number of carbonyl (C=O) groups is 1. The number of aryl methyl sites for hydroxylation is 2. The summed E-state index contributed by atoms with van der Waals surface area (Å²) in [6.07, 6.45) is 4.98. The Morgan fingerprint density at radius 3 is 2.36 bits per heavy atom. The van der Waals surface area contributed by atoms with Gasteiger partial charge in [-0.05, 0) is 60.4 Å². The average molecular weight is 369 g/mol. The maximum absolute atomic E-state index is 11.6. The molecule has 2 aromatic carbocycles. The zero-order chi connectivity index (χ0) is 17.4. The first-order valence-electron chi connectivity index (χ1n) is 7.96. The minimum atomic E-state index is -0.369. The Bertz CT molecular complexity index is 949. The van der Waals surface area contributed by atoms with Gasteiger partial charge in [0.1, 0.15) is 0 Å². The summed E-state index contributed by atoms with van der Waals surface area (Å²) in [7, 11) is 0. The van der Waals surface area contributed by atoms with Crippen molar-refractivity contribution in [3.63, 3.8) is 0 Å². The number of anilines is 2. The van der Waals surface area contributed by atoms with Crippen molar-refractivity contribution >= 4 is 51.8 Å². The number of hydrogen-bond acceptors (Lipinski definition) is 3. The van der Waals surface area contributed by atoms with Crippen LogP contribution in [-0.2, 0) is 17.6 Å². The number of halogens is 2. The van der Waals surface area contributed by atoms with Gasteiger partial charge in [0.25, 0.3) is 0 Å². The molecule has 1 N–H and O–H groups in total. The number of benzene rings is 2. The summed E-state index contributed by atoms with van der Waals surface area (Å²) in [5.41, 5.74) is 6.12. The van der Waals surface area contributed by atoms with Gasteiger partial charge >= 0.3 is 0 Å². The highest BCUT2D eigenvalue weighted by atomic mass is 35.5. The Kier molecular flexibility index (Phi) is 4.20. The number of nitrogens with one attached hydrogen (secondary N) is 1. The lowest BCUT2D eigenvalue weighted by Crippen LogP contribution is -2.07. The van der Waals surface area contributed by atoms with Crippen LogP contribution in [0.15, 0.2) is 69.7 Å². The topological polar surface area (TPSA) is 41.5 Å². The third-order valence-electron chi connectivity index (χ3n) is 4.28. The molecule has 0 saturated carbocycles. The van der Waals surface area contributed by atoms with E-state index in [1.807, 2.05) is 18.2 Å². The van der Waals surface area contributed by atoms with Crippen molar-refractivity contribution in [2.24, 2.45) is 4.99 Å². The van der Waals surface area contributed by atoms with E-state index < -0.39 is 0 Å². The van der Waals surface area contributed by atoms with E-state index in [2.05, 4.69) is 34.6 Å². The second kappa shape index (κ2) is 6.51. The molecule has 25 heavy (non-hydrogen) atoms. The third kappa shape index (κ3) is 3.26. The van der Waals surface area contributed by atoms with E-state index in [9.17, 15) is 4.79 Å². The highest BCUT2D eigenvalue weighted by molar-refractivity contribution is 6.57. The fourth-order valence-electron chi connectivity index (χ4n) is 3.01. The van der Waals surface area contributed by atoms with Crippen LogP contribution in [0.2, 0.25) is 0 Å². The van der Waals surface area contributed by atoms with Gasteiger partial charge in [-0.1, -0.05) is 41.4 Å². The fraction of sp³-hybridized carbons (Fsp3) is 0.100. The van der Waals surface area contributed by atoms with Crippen LogP contribution in [0.3, 0.4) is 0 Å². The number of rotatable bonds is 1. The number of para-hydroxylation sites is 1. The number of fused-ring (bicyclic) bond motifs is 2. The summed E-state index contributed by atoms with van der Waals surface area (Å²) in [5, 5.41) is 3.66. The maximum atomic E-state index is 11.6. The standard InChI is InChI=1S/C20H14Cl2N2O/c21-16-10-15(11-17(22)20(16)25)23-14-7-8-19-13(9-14)6-5-12-3-1-2-4-18(12)24-19/h1-4,7-11,24H,5-6H2. The van der Waals surface area contributed by atoms with E-state index >= 15 is 0 Å². The summed E-state index contributed by atoms with van der Waals surface area (Å²) >= 11 is 11.8. The van der Waals surface area contributed by atoms with Gasteiger partial charge in [0.05, 0.1) is 21.5 Å². The Labute approximate surface area is 155 Å². The maximum Gasteiger partial charge on any atom is 0.215 e. The smallest absolute Gasteiger partial charge is 0.215 e. The zero-order valence-corrected chi connectivity index (χ0v) is 14.7. The van der Waals surface area contributed by atoms with E-state index in [0.717, 1.165) is 29.9 Å². The Balaban J connectivity index is 1.67. The second-order valence-electron chi connectivity index (χ2n) is 5.97. The van der Waals surface area contributed by atoms with Gasteiger partial charge in [-0.2, -0.15) is 0 Å². The largest absolute Gasteiger partial charge is 0.355 e. The van der Waals surface area contributed by atoms with Crippen molar-refractivity contribution in [2.75, 3.05) is 5.32 Å². The van der Waals surface area contributed by atoms with Crippen LogP contribution in [-0.4, -0.2) is 11.5 Å². The first kappa shape index (κ1) is 16.1. The number of Topliss-reactive ketones (excluding diaryl/α,β-unsaturated/α-hetero) is 1. The number of ketones is 1. The number of nitrogens with zero attached hydrogens (tertiary/aromatic N) is 1. The van der Waals surface area contributed by atoms with Gasteiger partial charge in [-0.15, -0.1) is 0 Å². The molecule has 0 amide bonds. The van der Waals surface area contributed by atoms with Gasteiger partial charge in [0.2, 0.25) is 5.78 Å². The summed E-state index contributed by atoms with van der Waals surface area (Å²) < 4.78 is 0. The van der Waals surface area contributed by atoms with Crippen LogP contribution in [0.25, 0.3) is 0 Å². The SMILES string of the molecule is O=C1C(Cl)=CC(=Nc2ccc3c(c2)CCc2ccccc2N3)C=C1Cl. The van der Waals surface area contributed by atoms with Crippen LogP contribution in [0.4, 0.5) is 17.1 Å². The molecule has 0 spiro atoms. The average Bonchev–Trinajstić information content (AvgIpc) is 2.78. The minimum Gasteiger partial charge on any atom is -0.355 e. The molecule has 3 nitrogen and oxygen atoms in total. The van der Waals surface area contributed by atoms with Crippen molar-refractivity contribution in [3.05, 3.63) is 75.8 Å². The van der Waals surface area contributed by atoms with Crippen molar-refractivity contribution < 1.29 is 4.79 Å². The van der Waals surface area contributed by atoms with Crippen LogP contribution in [0.1, 0.15) is 11.1 Å². The van der Waals surface area contributed by atoms with Gasteiger partial charge in [-0.3, -0.25) is 4.79 Å². The van der Waals surface area contributed by atoms with Crippen LogP contribution in [0, 0.1) is 0 Å². The minimum absolute atomic E-state index is 0.0816. The van der Waals surface area contributed by atoms with E-state index in [1.54, 1.807) is 0 Å². The normalized spacial score (nSPS) is 16.1. The van der Waals surface area contributed by atoms with Crippen LogP contribution in [0.5, 0.6) is 0 Å². The fourth-order valence-corrected chi connectivity index (χ4v) is 3.49. The number of allylic oxidation sites excluding steroid dienone is 4. The monoisotopic (exact) mass is 368 g/mol. The van der Waals surface area contributed by atoms with Gasteiger partial charge < -0.3 is 5.32 Å². The lowest BCUT2D eigenvalue weighted by molar-refractivity contribution is -0.111. The molecular weight excluding hydrogens is 355 g/mol. The summed E-state index contributed by atoms with van der Waals surface area (Å²) in [4.78, 5) is 16.2. The molecule has 0 aromatic heterocycles.